The second-order valence-electron chi connectivity index (χ2n) is 4.73. The Kier molecular flexibility index (Phi) is 4.15. The lowest BCUT2D eigenvalue weighted by Crippen LogP contribution is -2.28. The predicted octanol–water partition coefficient (Wildman–Crippen LogP) is 1.05. The van der Waals surface area contributed by atoms with Crippen molar-refractivity contribution in [3.05, 3.63) is 0 Å². The van der Waals surface area contributed by atoms with Gasteiger partial charge >= 0.3 is 5.97 Å². The van der Waals surface area contributed by atoms with E-state index in [9.17, 15) is 13.2 Å². The van der Waals surface area contributed by atoms with E-state index in [2.05, 4.69) is 4.74 Å². The molecule has 17 heavy (non-hydrogen) atoms. The van der Waals surface area contributed by atoms with Crippen molar-refractivity contribution >= 4 is 15.8 Å². The first-order valence-electron chi connectivity index (χ1n) is 5.50. The van der Waals surface area contributed by atoms with Crippen molar-refractivity contribution in [2.24, 2.45) is 5.41 Å². The van der Waals surface area contributed by atoms with Crippen LogP contribution in [0.15, 0.2) is 0 Å². The summed E-state index contributed by atoms with van der Waals surface area (Å²) in [5, 5.41) is 7.84. The molecular formula is C11H17NO4S. The first-order chi connectivity index (χ1) is 7.85. The fraction of sp³-hybridized carbons (Fsp3) is 0.818. The van der Waals surface area contributed by atoms with Crippen LogP contribution in [0.1, 0.15) is 32.6 Å². The number of esters is 1. The van der Waals surface area contributed by atoms with Crippen LogP contribution in [0, 0.1) is 16.7 Å². The number of hydrogen-bond acceptors (Lipinski definition) is 5. The second-order valence-corrected chi connectivity index (χ2v) is 7.15. The van der Waals surface area contributed by atoms with Gasteiger partial charge in [-0.2, -0.15) is 5.26 Å². The van der Waals surface area contributed by atoms with Crippen LogP contribution in [-0.2, 0) is 19.4 Å². The molecule has 0 bridgehead atoms. The maximum absolute atomic E-state index is 11.9. The van der Waals surface area contributed by atoms with Crippen molar-refractivity contribution in [1.82, 2.24) is 0 Å². The van der Waals surface area contributed by atoms with Crippen molar-refractivity contribution in [2.75, 3.05) is 12.9 Å². The van der Waals surface area contributed by atoms with Gasteiger partial charge in [0.05, 0.1) is 37.0 Å². The normalized spacial score (nSPS) is 19.1. The number of carbonyl (C=O) groups is 1. The van der Waals surface area contributed by atoms with Crippen molar-refractivity contribution < 1.29 is 17.9 Å². The zero-order valence-electron chi connectivity index (χ0n) is 10.1. The van der Waals surface area contributed by atoms with Gasteiger partial charge < -0.3 is 4.74 Å². The number of carbonyl (C=O) groups excluding carboxylic acids is 1. The van der Waals surface area contributed by atoms with Crippen LogP contribution in [0.2, 0.25) is 0 Å². The molecule has 6 heteroatoms. The average molecular weight is 259 g/mol. The molecule has 1 aliphatic rings. The van der Waals surface area contributed by atoms with Crippen molar-refractivity contribution in [1.29, 1.82) is 5.26 Å². The molecule has 0 aromatic carbocycles. The Labute approximate surface area is 102 Å². The van der Waals surface area contributed by atoms with Crippen LogP contribution in [0.25, 0.3) is 0 Å². The summed E-state index contributed by atoms with van der Waals surface area (Å²) >= 11 is 0. The van der Waals surface area contributed by atoms with Gasteiger partial charge in [-0.05, 0) is 25.2 Å². The fourth-order valence-electron chi connectivity index (χ4n) is 1.75. The zero-order chi connectivity index (χ0) is 13.1. The highest BCUT2D eigenvalue weighted by molar-refractivity contribution is 7.92. The first kappa shape index (κ1) is 14.0. The van der Waals surface area contributed by atoms with Gasteiger partial charge in [0, 0.05) is 0 Å². The largest absolute Gasteiger partial charge is 0.469 e. The number of ether oxygens (including phenoxy) is 1. The maximum atomic E-state index is 11.9. The van der Waals surface area contributed by atoms with Gasteiger partial charge in [-0.1, -0.05) is 0 Å². The summed E-state index contributed by atoms with van der Waals surface area (Å²) < 4.78 is 28.4. The molecular weight excluding hydrogens is 242 g/mol. The standard InChI is InChI=1S/C11H17NO4S/c1-9(3-6-12)17(14,15)8-11(4-5-11)7-10(13)16-2/h9H,3-5,7-8H2,1-2H3. The smallest absolute Gasteiger partial charge is 0.306 e. The molecule has 0 saturated heterocycles. The molecule has 0 heterocycles. The summed E-state index contributed by atoms with van der Waals surface area (Å²) in [6.45, 7) is 1.53. The quantitative estimate of drug-likeness (QED) is 0.665. The van der Waals surface area contributed by atoms with E-state index in [1.807, 2.05) is 6.07 Å². The fourth-order valence-corrected chi connectivity index (χ4v) is 3.61. The third kappa shape index (κ3) is 3.70. The summed E-state index contributed by atoms with van der Waals surface area (Å²) in [5.41, 5.74) is -0.435. The van der Waals surface area contributed by atoms with Crippen LogP contribution in [0.5, 0.6) is 0 Å². The highest BCUT2D eigenvalue weighted by atomic mass is 32.2. The van der Waals surface area contributed by atoms with Crippen molar-refractivity contribution in [2.45, 2.75) is 37.9 Å². The molecule has 1 unspecified atom stereocenters. The minimum absolute atomic E-state index is 0.00334. The predicted molar refractivity (Wildman–Crippen MR) is 61.8 cm³/mol. The van der Waals surface area contributed by atoms with E-state index in [4.69, 9.17) is 5.26 Å². The van der Waals surface area contributed by atoms with Gasteiger partial charge in [0.2, 0.25) is 0 Å². The lowest BCUT2D eigenvalue weighted by molar-refractivity contribution is -0.141. The number of nitrogens with zero attached hydrogens (tertiary/aromatic N) is 1. The van der Waals surface area contributed by atoms with Gasteiger partial charge in [0.25, 0.3) is 0 Å². The Morgan fingerprint density at radius 1 is 1.53 bits per heavy atom. The van der Waals surface area contributed by atoms with Gasteiger partial charge in [0.15, 0.2) is 9.84 Å². The molecule has 1 saturated carbocycles. The van der Waals surface area contributed by atoms with Crippen LogP contribution in [0.4, 0.5) is 0 Å². The van der Waals surface area contributed by atoms with Gasteiger partial charge in [-0.15, -0.1) is 0 Å². The molecule has 1 fully saturated rings. The van der Waals surface area contributed by atoms with E-state index in [1.165, 1.54) is 14.0 Å². The highest BCUT2D eigenvalue weighted by Gasteiger charge is 2.48. The van der Waals surface area contributed by atoms with Gasteiger partial charge in [-0.25, -0.2) is 8.42 Å². The van der Waals surface area contributed by atoms with Crippen molar-refractivity contribution in [3.8, 4) is 6.07 Å². The Balaban J connectivity index is 2.65. The van der Waals surface area contributed by atoms with E-state index in [-0.39, 0.29) is 24.6 Å². The molecule has 0 N–H and O–H groups in total. The molecule has 1 atom stereocenters. The summed E-state index contributed by atoms with van der Waals surface area (Å²) in [6, 6.07) is 1.86. The summed E-state index contributed by atoms with van der Waals surface area (Å²) in [5.74, 6) is -0.386. The molecule has 5 nitrogen and oxygen atoms in total. The van der Waals surface area contributed by atoms with E-state index in [1.54, 1.807) is 0 Å². The number of rotatable bonds is 6. The Bertz CT molecular complexity index is 431. The minimum atomic E-state index is -3.30. The highest BCUT2D eigenvalue weighted by Crippen LogP contribution is 2.50. The number of nitriles is 1. The number of methoxy groups -OCH3 is 1. The van der Waals surface area contributed by atoms with Crippen LogP contribution >= 0.6 is 0 Å². The SMILES string of the molecule is COC(=O)CC1(CS(=O)(=O)C(C)CC#N)CC1. The summed E-state index contributed by atoms with van der Waals surface area (Å²) in [7, 11) is -2.00. The minimum Gasteiger partial charge on any atom is -0.469 e. The molecule has 0 aromatic heterocycles. The van der Waals surface area contributed by atoms with E-state index in [0.29, 0.717) is 0 Å². The van der Waals surface area contributed by atoms with E-state index >= 15 is 0 Å². The Morgan fingerprint density at radius 2 is 2.12 bits per heavy atom. The van der Waals surface area contributed by atoms with Gasteiger partial charge in [0.1, 0.15) is 0 Å². The topological polar surface area (TPSA) is 84.2 Å². The molecule has 0 aliphatic heterocycles. The lowest BCUT2D eigenvalue weighted by atomic mass is 10.1. The summed E-state index contributed by atoms with van der Waals surface area (Å²) in [4.78, 5) is 11.2. The molecule has 96 valence electrons. The van der Waals surface area contributed by atoms with Crippen LogP contribution < -0.4 is 0 Å². The first-order valence-corrected chi connectivity index (χ1v) is 7.22. The number of hydrogen-bond donors (Lipinski definition) is 0. The summed E-state index contributed by atoms with van der Waals surface area (Å²) in [6.07, 6.45) is 1.62. The zero-order valence-corrected chi connectivity index (χ0v) is 10.9. The Hall–Kier alpha value is -1.09. The maximum Gasteiger partial charge on any atom is 0.306 e. The average Bonchev–Trinajstić information content (AvgIpc) is 2.97. The Morgan fingerprint density at radius 3 is 2.53 bits per heavy atom. The lowest BCUT2D eigenvalue weighted by Gasteiger charge is -2.16. The molecule has 0 amide bonds. The molecule has 1 rings (SSSR count). The second kappa shape index (κ2) is 5.05. The monoisotopic (exact) mass is 259 g/mol. The van der Waals surface area contributed by atoms with E-state index in [0.717, 1.165) is 12.8 Å². The van der Waals surface area contributed by atoms with Crippen molar-refractivity contribution in [3.63, 3.8) is 0 Å². The molecule has 0 aromatic rings. The van der Waals surface area contributed by atoms with Crippen LogP contribution in [-0.4, -0.2) is 32.5 Å². The molecule has 0 radical (unpaired) electrons. The van der Waals surface area contributed by atoms with Crippen LogP contribution in [0.3, 0.4) is 0 Å². The molecule has 0 spiro atoms. The number of sulfone groups is 1. The third-order valence-electron chi connectivity index (χ3n) is 3.20. The third-order valence-corrected chi connectivity index (χ3v) is 5.61. The van der Waals surface area contributed by atoms with E-state index < -0.39 is 20.5 Å². The molecule has 1 aliphatic carbocycles. The van der Waals surface area contributed by atoms with Gasteiger partial charge in [-0.3, -0.25) is 4.79 Å².